The van der Waals surface area contributed by atoms with Crippen LogP contribution in [0.4, 0.5) is 52.4 Å². The van der Waals surface area contributed by atoms with Gasteiger partial charge in [0.05, 0.1) is 69.7 Å². The molecule has 0 aliphatic heterocycles. The monoisotopic (exact) mass is 1250 g/mol. The first-order valence-corrected chi connectivity index (χ1v) is 29.6. The number of aryl methyl sites for hydroxylation is 6. The Labute approximate surface area is 552 Å². The summed E-state index contributed by atoms with van der Waals surface area (Å²) in [5.41, 5.74) is 39.7. The van der Waals surface area contributed by atoms with E-state index in [0.29, 0.717) is 84.7 Å². The van der Waals surface area contributed by atoms with Gasteiger partial charge in [-0.3, -0.25) is 15.0 Å². The Bertz CT molecular complexity index is 4780. The first kappa shape index (κ1) is 64.7. The highest BCUT2D eigenvalue weighted by Gasteiger charge is 2.20. The van der Waals surface area contributed by atoms with E-state index in [1.807, 2.05) is 102 Å². The molecule has 6 aromatic heterocycles. The van der Waals surface area contributed by atoms with Crippen molar-refractivity contribution in [1.29, 1.82) is 31.6 Å². The Kier molecular flexibility index (Phi) is 19.6. The lowest BCUT2D eigenvalue weighted by Crippen LogP contribution is -2.04. The van der Waals surface area contributed by atoms with Crippen molar-refractivity contribution in [1.82, 2.24) is 44.9 Å². The Balaban J connectivity index is 0.000000157. The minimum Gasteiger partial charge on any atom is -0.383 e. The molecule has 0 amide bonds. The van der Waals surface area contributed by atoms with Gasteiger partial charge in [0.15, 0.2) is 5.82 Å². The molecule has 6 heterocycles. The minimum absolute atomic E-state index is 0.275. The van der Waals surface area contributed by atoms with Gasteiger partial charge in [-0.1, -0.05) is 36.4 Å². The van der Waals surface area contributed by atoms with E-state index in [0.717, 1.165) is 95.0 Å². The average molecular weight is 1250 g/mol. The predicted octanol–water partition coefficient (Wildman–Crippen LogP) is 15.1. The van der Waals surface area contributed by atoms with E-state index < -0.39 is 0 Å². The molecule has 462 valence electrons. The number of pyridine rings is 3. The normalized spacial score (nSPS) is 10.8. The van der Waals surface area contributed by atoms with Gasteiger partial charge in [-0.05, 0) is 206 Å². The number of hydrogen-bond donors (Lipinski definition) is 6. The number of allylic oxidation sites excluding steroid dienone is 3. The highest BCUT2D eigenvalue weighted by molar-refractivity contribution is 6.01. The van der Waals surface area contributed by atoms with Gasteiger partial charge >= 0.3 is 0 Å². The maximum Gasteiger partial charge on any atom is 0.229 e. The molecule has 0 unspecified atom stereocenters. The highest BCUT2D eigenvalue weighted by atomic mass is 15.1. The SMILES string of the molecule is Cc1cc(/C=C/C#N)cc(C)c1-c1ccnc2c(N)nc(Nc3ccc(C#N)cc3)nc12.Cc1cc(/C=C/C#N)cc(C)c1-c1cncc2c(N)nc(Nc3ccc(C#N)cc3)nc12.Cc1cc(/C=C/C#N)cc(C)c1-c1nccc2c(N)nc(Nc3ccc(C#N)cc3)nc12. The smallest absolute Gasteiger partial charge is 0.229 e. The van der Waals surface area contributed by atoms with Crippen molar-refractivity contribution in [2.24, 2.45) is 0 Å². The van der Waals surface area contributed by atoms with Gasteiger partial charge in [0.2, 0.25) is 17.8 Å². The number of anilines is 9. The number of nitrogens with zero attached hydrogens (tertiary/aromatic N) is 15. The molecule has 9 N–H and O–H groups in total. The molecule has 96 heavy (non-hydrogen) atoms. The Morgan fingerprint density at radius 2 is 0.740 bits per heavy atom. The summed E-state index contributed by atoms with van der Waals surface area (Å²) in [4.78, 5) is 40.7. The van der Waals surface area contributed by atoms with E-state index in [2.05, 4.69) is 64.1 Å². The summed E-state index contributed by atoms with van der Waals surface area (Å²) >= 11 is 0. The zero-order chi connectivity index (χ0) is 68.0. The zero-order valence-electron chi connectivity index (χ0n) is 52.8. The van der Waals surface area contributed by atoms with Gasteiger partial charge in [0, 0.05) is 82.2 Å². The summed E-state index contributed by atoms with van der Waals surface area (Å²) < 4.78 is 0. The number of nitrogens with two attached hydrogens (primary N) is 3. The van der Waals surface area contributed by atoms with Crippen molar-refractivity contribution < 1.29 is 0 Å². The van der Waals surface area contributed by atoms with Crippen LogP contribution in [0.25, 0.3) is 84.6 Å². The quantitative estimate of drug-likeness (QED) is 0.0619. The van der Waals surface area contributed by atoms with Gasteiger partial charge in [-0.25, -0.2) is 15.0 Å². The van der Waals surface area contributed by atoms with Crippen molar-refractivity contribution in [2.75, 3.05) is 33.2 Å². The molecule has 0 bridgehead atoms. The third kappa shape index (κ3) is 14.6. The third-order valence-electron chi connectivity index (χ3n) is 15.2. The number of aromatic nitrogens is 9. The van der Waals surface area contributed by atoms with Gasteiger partial charge in [0.1, 0.15) is 28.2 Å². The molecule has 0 spiro atoms. The van der Waals surface area contributed by atoms with Crippen LogP contribution in [0.5, 0.6) is 0 Å². The Hall–Kier alpha value is -14.3. The molecule has 6 aromatic carbocycles. The number of nitrogens with one attached hydrogen (secondary N) is 3. The van der Waals surface area contributed by atoms with Crippen LogP contribution in [0.1, 0.15) is 66.8 Å². The van der Waals surface area contributed by atoms with Crippen LogP contribution in [0.2, 0.25) is 0 Å². The van der Waals surface area contributed by atoms with Gasteiger partial charge in [-0.2, -0.15) is 46.5 Å². The largest absolute Gasteiger partial charge is 0.383 e. The van der Waals surface area contributed by atoms with Crippen LogP contribution in [-0.4, -0.2) is 44.9 Å². The number of fused-ring (bicyclic) bond motifs is 3. The second-order valence-corrected chi connectivity index (χ2v) is 21.9. The summed E-state index contributed by atoms with van der Waals surface area (Å²) in [6.07, 6.45) is 16.6. The summed E-state index contributed by atoms with van der Waals surface area (Å²) in [5.74, 6) is 1.99. The molecule has 21 nitrogen and oxygen atoms in total. The number of nitrogen functional groups attached to an aromatic ring is 3. The molecule has 0 aliphatic carbocycles. The van der Waals surface area contributed by atoms with Crippen LogP contribution in [0, 0.1) is 110 Å². The van der Waals surface area contributed by atoms with Crippen LogP contribution >= 0.6 is 0 Å². The molecule has 21 heteroatoms. The fourth-order valence-electron chi connectivity index (χ4n) is 11.1. The van der Waals surface area contributed by atoms with Crippen LogP contribution < -0.4 is 33.2 Å². The number of hydrogen-bond acceptors (Lipinski definition) is 21. The van der Waals surface area contributed by atoms with Crippen molar-refractivity contribution in [3.63, 3.8) is 0 Å². The van der Waals surface area contributed by atoms with Gasteiger partial charge in [0.25, 0.3) is 0 Å². The van der Waals surface area contributed by atoms with Crippen LogP contribution in [0.15, 0.2) is 164 Å². The first-order chi connectivity index (χ1) is 46.5. The molecule has 0 fully saturated rings. The second-order valence-electron chi connectivity index (χ2n) is 21.9. The van der Waals surface area contributed by atoms with E-state index in [1.165, 1.54) is 18.2 Å². The average Bonchev–Trinajstić information content (AvgIpc) is 0.784. The van der Waals surface area contributed by atoms with E-state index in [1.54, 1.807) is 122 Å². The lowest BCUT2D eigenvalue weighted by molar-refractivity contribution is 1.20. The predicted molar refractivity (Wildman–Crippen MR) is 377 cm³/mol. The fourth-order valence-corrected chi connectivity index (χ4v) is 11.1. The molecule has 12 aromatic rings. The molecule has 0 saturated carbocycles. The van der Waals surface area contributed by atoms with Crippen molar-refractivity contribution >= 4 is 103 Å². The summed E-state index contributed by atoms with van der Waals surface area (Å²) in [6, 6.07) is 49.2. The number of benzene rings is 6. The lowest BCUT2D eigenvalue weighted by Gasteiger charge is -2.15. The molecular formula is C75H57N21. The van der Waals surface area contributed by atoms with E-state index in [4.69, 9.17) is 63.7 Å². The first-order valence-electron chi connectivity index (χ1n) is 29.6. The summed E-state index contributed by atoms with van der Waals surface area (Å²) in [5, 5.41) is 64.2. The summed E-state index contributed by atoms with van der Waals surface area (Å²) in [7, 11) is 0. The third-order valence-corrected chi connectivity index (χ3v) is 15.2. The van der Waals surface area contributed by atoms with Crippen LogP contribution in [-0.2, 0) is 0 Å². The van der Waals surface area contributed by atoms with E-state index in [9.17, 15) is 0 Å². The number of nitriles is 6. The maximum atomic E-state index is 8.98. The molecule has 12 rings (SSSR count). The van der Waals surface area contributed by atoms with Gasteiger partial charge < -0.3 is 33.2 Å². The van der Waals surface area contributed by atoms with E-state index >= 15 is 0 Å². The van der Waals surface area contributed by atoms with Crippen molar-refractivity contribution in [3.05, 3.63) is 231 Å². The topological polar surface area (TPSA) is 373 Å². The Morgan fingerprint density at radius 3 is 1.17 bits per heavy atom. The standard InChI is InChI=1S/3C25H19N7/c1-15-12-18(4-3-10-26)13-16(2)21(15)23-22-20(9-11-29-23)24(28)32-25(31-22)30-19-7-5-17(14-27)6-8-19;1-15-12-18(4-3-10-26)13-16(2)21(15)20-9-11-29-23-22(20)31-25(32-24(23)28)30-19-7-5-17(14-27)6-8-19;1-15-10-18(4-3-9-26)11-16(2)22(15)20-13-29-14-21-23(20)31-25(32-24(21)28)30-19-7-5-17(12-27)6-8-19/h2*3-9,11-13H,1-2H3,(H3,28,30,31,32);3-8,10-11,13-14H,1-2H3,(H3,28,30,31,32)/b3*4-3+. The Morgan fingerprint density at radius 1 is 0.365 bits per heavy atom. The number of rotatable bonds is 12. The second kappa shape index (κ2) is 29.1. The lowest BCUT2D eigenvalue weighted by atomic mass is 9.93. The molecular weight excluding hydrogens is 1190 g/mol. The molecule has 0 atom stereocenters. The minimum atomic E-state index is 0.275. The van der Waals surface area contributed by atoms with Crippen molar-refractivity contribution in [2.45, 2.75) is 41.5 Å². The fraction of sp³-hybridized carbons (Fsp3) is 0.0800. The van der Waals surface area contributed by atoms with Crippen LogP contribution in [0.3, 0.4) is 0 Å². The van der Waals surface area contributed by atoms with Crippen molar-refractivity contribution in [3.8, 4) is 69.9 Å². The molecule has 0 aliphatic rings. The molecule has 0 radical (unpaired) electrons. The van der Waals surface area contributed by atoms with Gasteiger partial charge in [-0.15, -0.1) is 0 Å². The maximum absolute atomic E-state index is 8.98. The highest BCUT2D eigenvalue weighted by Crippen LogP contribution is 2.38. The molecule has 0 saturated heterocycles. The summed E-state index contributed by atoms with van der Waals surface area (Å²) in [6.45, 7) is 12.1. The van der Waals surface area contributed by atoms with E-state index in [-0.39, 0.29) is 5.82 Å². The zero-order valence-corrected chi connectivity index (χ0v) is 52.8.